The average molecular weight is 311 g/mol. The normalized spacial score (nSPS) is 38.2. The van der Waals surface area contributed by atoms with Crippen LogP contribution in [-0.2, 0) is 9.59 Å². The first-order valence-electron chi connectivity index (χ1n) is 8.06. The third-order valence-corrected chi connectivity index (χ3v) is 6.76. The number of carboxylic acids is 1. The van der Waals surface area contributed by atoms with Gasteiger partial charge < -0.3 is 10.4 Å². The molecule has 0 aromatic heterocycles. The molecule has 0 heterocycles. The molecule has 0 aliphatic heterocycles. The number of carboxylic acid groups (broad SMARTS) is 1. The lowest BCUT2D eigenvalue weighted by Gasteiger charge is -2.59. The van der Waals surface area contributed by atoms with Gasteiger partial charge >= 0.3 is 5.97 Å². The van der Waals surface area contributed by atoms with Crippen LogP contribution in [0.1, 0.15) is 45.4 Å². The molecule has 4 aliphatic carbocycles. The van der Waals surface area contributed by atoms with Crippen molar-refractivity contribution < 1.29 is 14.7 Å². The summed E-state index contributed by atoms with van der Waals surface area (Å²) in [6, 6.07) is 0.226. The highest BCUT2D eigenvalue weighted by atomic mass is 32.2. The molecule has 1 amide bonds. The largest absolute Gasteiger partial charge is 0.481 e. The van der Waals surface area contributed by atoms with E-state index in [1.54, 1.807) is 0 Å². The number of hydrogen-bond donors (Lipinski definition) is 2. The number of hydrogen-bond acceptors (Lipinski definition) is 3. The average Bonchev–Trinajstić information content (AvgIpc) is 2.36. The lowest BCUT2D eigenvalue weighted by Crippen LogP contribution is -2.56. The van der Waals surface area contributed by atoms with Crippen molar-refractivity contribution in [2.75, 3.05) is 11.5 Å². The summed E-state index contributed by atoms with van der Waals surface area (Å²) in [5.41, 5.74) is 0.321. The van der Waals surface area contributed by atoms with Crippen LogP contribution >= 0.6 is 11.8 Å². The molecule has 0 saturated heterocycles. The molecule has 1 unspecified atom stereocenters. The lowest BCUT2D eigenvalue weighted by atomic mass is 9.48. The fraction of sp³-hybridized carbons (Fsp3) is 0.875. The number of nitrogens with one attached hydrogen (secondary N) is 1. The van der Waals surface area contributed by atoms with Crippen molar-refractivity contribution in [2.24, 2.45) is 23.2 Å². The van der Waals surface area contributed by atoms with Gasteiger partial charge in [0.05, 0.1) is 11.5 Å². The summed E-state index contributed by atoms with van der Waals surface area (Å²) in [7, 11) is 0. The van der Waals surface area contributed by atoms with Crippen molar-refractivity contribution in [3.63, 3.8) is 0 Å². The Morgan fingerprint density at radius 1 is 1.14 bits per heavy atom. The Kier molecular flexibility index (Phi) is 4.21. The molecule has 4 rings (SSSR count). The maximum Gasteiger partial charge on any atom is 0.313 e. The molecule has 4 bridgehead atoms. The van der Waals surface area contributed by atoms with Crippen LogP contribution in [0.2, 0.25) is 0 Å². The molecule has 118 valence electrons. The molecule has 0 spiro atoms. The molecule has 2 N–H and O–H groups in total. The molecular weight excluding hydrogens is 286 g/mol. The Morgan fingerprint density at radius 3 is 2.14 bits per heavy atom. The molecule has 21 heavy (non-hydrogen) atoms. The van der Waals surface area contributed by atoms with Gasteiger partial charge in [-0.1, -0.05) is 0 Å². The molecule has 5 heteroatoms. The van der Waals surface area contributed by atoms with Gasteiger partial charge in [0, 0.05) is 6.04 Å². The smallest absolute Gasteiger partial charge is 0.313 e. The van der Waals surface area contributed by atoms with E-state index in [0.29, 0.717) is 5.41 Å². The first kappa shape index (κ1) is 15.2. The van der Waals surface area contributed by atoms with E-state index in [4.69, 9.17) is 5.11 Å². The standard InChI is InChI=1S/C16H25NO3S/c1-10(17-14(18)8-21-9-15(19)20)16-5-11-2-12(6-16)4-13(3-11)7-16/h10-13H,2-9H2,1H3,(H,17,18)(H,19,20). The van der Waals surface area contributed by atoms with Gasteiger partial charge in [0.1, 0.15) is 0 Å². The minimum absolute atomic E-state index is 0.000827. The topological polar surface area (TPSA) is 66.4 Å². The quantitative estimate of drug-likeness (QED) is 0.791. The van der Waals surface area contributed by atoms with E-state index >= 15 is 0 Å². The van der Waals surface area contributed by atoms with Gasteiger partial charge in [-0.15, -0.1) is 11.8 Å². The molecule has 0 radical (unpaired) electrons. The van der Waals surface area contributed by atoms with Crippen LogP contribution in [0.15, 0.2) is 0 Å². The molecule has 0 aromatic rings. The Labute approximate surface area is 130 Å². The lowest BCUT2D eigenvalue weighted by molar-refractivity contribution is -0.133. The number of amides is 1. The summed E-state index contributed by atoms with van der Waals surface area (Å²) < 4.78 is 0. The van der Waals surface area contributed by atoms with Crippen molar-refractivity contribution in [1.82, 2.24) is 5.32 Å². The van der Waals surface area contributed by atoms with Gasteiger partial charge in [-0.25, -0.2) is 0 Å². The highest BCUT2D eigenvalue weighted by Crippen LogP contribution is 2.61. The van der Waals surface area contributed by atoms with Crippen molar-refractivity contribution in [3.8, 4) is 0 Å². The monoisotopic (exact) mass is 311 g/mol. The van der Waals surface area contributed by atoms with Crippen molar-refractivity contribution in [2.45, 2.75) is 51.5 Å². The van der Waals surface area contributed by atoms with Gasteiger partial charge in [-0.3, -0.25) is 9.59 Å². The minimum Gasteiger partial charge on any atom is -0.481 e. The number of carbonyl (C=O) groups is 2. The van der Waals surface area contributed by atoms with Gasteiger partial charge in [0.15, 0.2) is 0 Å². The molecule has 4 fully saturated rings. The predicted octanol–water partition coefficient (Wildman–Crippen LogP) is 2.53. The van der Waals surface area contributed by atoms with Crippen LogP contribution in [-0.4, -0.2) is 34.5 Å². The van der Waals surface area contributed by atoms with E-state index in [1.165, 1.54) is 50.3 Å². The summed E-state index contributed by atoms with van der Waals surface area (Å²) >= 11 is 1.18. The highest BCUT2D eigenvalue weighted by molar-refractivity contribution is 8.00. The third-order valence-electron chi connectivity index (χ3n) is 5.84. The Balaban J connectivity index is 1.54. The van der Waals surface area contributed by atoms with Crippen molar-refractivity contribution in [3.05, 3.63) is 0 Å². The van der Waals surface area contributed by atoms with Gasteiger partial charge in [-0.2, -0.15) is 0 Å². The van der Waals surface area contributed by atoms with Crippen LogP contribution < -0.4 is 5.32 Å². The molecular formula is C16H25NO3S. The number of thioether (sulfide) groups is 1. The SMILES string of the molecule is CC(NC(=O)CSCC(=O)O)C12CC3CC(CC(C3)C1)C2. The Morgan fingerprint density at radius 2 is 1.67 bits per heavy atom. The summed E-state index contributed by atoms with van der Waals surface area (Å²) in [5.74, 6) is 2.04. The zero-order chi connectivity index (χ0) is 15.0. The summed E-state index contributed by atoms with van der Waals surface area (Å²) in [6.07, 6.45) is 8.07. The van der Waals surface area contributed by atoms with E-state index in [9.17, 15) is 9.59 Å². The van der Waals surface area contributed by atoms with Crippen molar-refractivity contribution in [1.29, 1.82) is 0 Å². The van der Waals surface area contributed by atoms with E-state index in [-0.39, 0.29) is 23.5 Å². The fourth-order valence-corrected chi connectivity index (χ4v) is 5.92. The molecule has 4 aliphatic rings. The van der Waals surface area contributed by atoms with Crippen LogP contribution in [0.25, 0.3) is 0 Å². The van der Waals surface area contributed by atoms with Crippen LogP contribution in [0.3, 0.4) is 0 Å². The zero-order valence-corrected chi connectivity index (χ0v) is 13.5. The molecule has 4 nitrogen and oxygen atoms in total. The van der Waals surface area contributed by atoms with E-state index in [0.717, 1.165) is 17.8 Å². The summed E-state index contributed by atoms with van der Waals surface area (Å²) in [5, 5.41) is 11.8. The maximum atomic E-state index is 12.0. The zero-order valence-electron chi connectivity index (χ0n) is 12.6. The van der Waals surface area contributed by atoms with Crippen LogP contribution in [0.4, 0.5) is 0 Å². The van der Waals surface area contributed by atoms with Gasteiger partial charge in [-0.05, 0) is 68.6 Å². The predicted molar refractivity (Wildman–Crippen MR) is 83.2 cm³/mol. The van der Waals surface area contributed by atoms with E-state index in [1.807, 2.05) is 0 Å². The molecule has 1 atom stereocenters. The number of rotatable bonds is 6. The second-order valence-corrected chi connectivity index (χ2v) is 8.44. The third kappa shape index (κ3) is 3.22. The highest BCUT2D eigenvalue weighted by Gasteiger charge is 2.53. The van der Waals surface area contributed by atoms with E-state index in [2.05, 4.69) is 12.2 Å². The second-order valence-electron chi connectivity index (χ2n) is 7.46. The Hall–Kier alpha value is -0.710. The van der Waals surface area contributed by atoms with E-state index < -0.39 is 5.97 Å². The number of carbonyl (C=O) groups excluding carboxylic acids is 1. The van der Waals surface area contributed by atoms with Crippen LogP contribution in [0, 0.1) is 23.2 Å². The summed E-state index contributed by atoms with van der Waals surface area (Å²) in [6.45, 7) is 2.16. The molecule has 0 aromatic carbocycles. The summed E-state index contributed by atoms with van der Waals surface area (Å²) in [4.78, 5) is 22.5. The minimum atomic E-state index is -0.859. The Bertz CT molecular complexity index is 402. The van der Waals surface area contributed by atoms with Gasteiger partial charge in [0.25, 0.3) is 0 Å². The number of aliphatic carboxylic acids is 1. The maximum absolute atomic E-state index is 12.0. The molecule has 4 saturated carbocycles. The van der Waals surface area contributed by atoms with Crippen molar-refractivity contribution >= 4 is 23.6 Å². The first-order chi connectivity index (χ1) is 9.97. The second kappa shape index (κ2) is 5.82. The fourth-order valence-electron chi connectivity index (χ4n) is 5.38. The van der Waals surface area contributed by atoms with Crippen LogP contribution in [0.5, 0.6) is 0 Å². The van der Waals surface area contributed by atoms with Gasteiger partial charge in [0.2, 0.25) is 5.91 Å². The first-order valence-corrected chi connectivity index (χ1v) is 9.21.